The highest BCUT2D eigenvalue weighted by Gasteiger charge is 2.08. The van der Waals surface area contributed by atoms with E-state index in [1.807, 2.05) is 0 Å². The first kappa shape index (κ1) is 17.4. The smallest absolute Gasteiger partial charge is 0.270 e. The van der Waals surface area contributed by atoms with Gasteiger partial charge in [-0.05, 0) is 24.3 Å². The zero-order valence-corrected chi connectivity index (χ0v) is 13.5. The lowest BCUT2D eigenvalue weighted by molar-refractivity contribution is -0.114. The van der Waals surface area contributed by atoms with Gasteiger partial charge < -0.3 is 20.7 Å². The lowest BCUT2D eigenvalue weighted by Gasteiger charge is -2.09. The fraction of sp³-hybridized carbons (Fsp3) is 0.250. The summed E-state index contributed by atoms with van der Waals surface area (Å²) in [5, 5.41) is 8.39. The van der Waals surface area contributed by atoms with Crippen LogP contribution in [0.25, 0.3) is 0 Å². The Balaban J connectivity index is 2.06. The number of ether oxygens (including phenoxy) is 1. The Kier molecular flexibility index (Phi) is 6.21. The van der Waals surface area contributed by atoms with Gasteiger partial charge in [-0.25, -0.2) is 9.97 Å². The molecule has 0 aliphatic carbocycles. The van der Waals surface area contributed by atoms with Crippen molar-refractivity contribution >= 4 is 29.1 Å². The standard InChI is InChI=1S/C16H19N5O3/c1-11(22)19-12-4-3-5-13(10-12)20-16-18-7-6-14(21-16)15(23)17-8-9-24-2/h3-7,10H,8-9H2,1-2H3,(H,17,23)(H,19,22)(H,18,20,21). The van der Waals surface area contributed by atoms with Crippen molar-refractivity contribution in [2.24, 2.45) is 0 Å². The van der Waals surface area contributed by atoms with E-state index < -0.39 is 0 Å². The second-order valence-corrected chi connectivity index (χ2v) is 4.90. The van der Waals surface area contributed by atoms with E-state index in [0.717, 1.165) is 0 Å². The van der Waals surface area contributed by atoms with E-state index in [2.05, 4.69) is 25.9 Å². The number of nitrogens with zero attached hydrogens (tertiary/aromatic N) is 2. The average Bonchev–Trinajstić information content (AvgIpc) is 2.55. The van der Waals surface area contributed by atoms with Crippen LogP contribution in [0.4, 0.5) is 17.3 Å². The fourth-order valence-electron chi connectivity index (χ4n) is 1.91. The first-order valence-corrected chi connectivity index (χ1v) is 7.33. The molecule has 0 unspecified atom stereocenters. The molecule has 3 N–H and O–H groups in total. The summed E-state index contributed by atoms with van der Waals surface area (Å²) in [6.45, 7) is 2.27. The van der Waals surface area contributed by atoms with E-state index in [4.69, 9.17) is 4.74 Å². The van der Waals surface area contributed by atoms with Gasteiger partial charge in [-0.15, -0.1) is 0 Å². The lowest BCUT2D eigenvalue weighted by Crippen LogP contribution is -2.27. The Morgan fingerprint density at radius 2 is 2.00 bits per heavy atom. The number of carbonyl (C=O) groups is 2. The maximum absolute atomic E-state index is 12.0. The number of benzene rings is 1. The van der Waals surface area contributed by atoms with Crippen molar-refractivity contribution in [1.82, 2.24) is 15.3 Å². The molecule has 24 heavy (non-hydrogen) atoms. The lowest BCUT2D eigenvalue weighted by atomic mass is 10.2. The third kappa shape index (κ3) is 5.33. The number of rotatable bonds is 7. The molecule has 1 aromatic carbocycles. The SMILES string of the molecule is COCCNC(=O)c1ccnc(Nc2cccc(NC(C)=O)c2)n1. The molecule has 0 atom stereocenters. The Labute approximate surface area is 139 Å². The van der Waals surface area contributed by atoms with Crippen molar-refractivity contribution in [2.45, 2.75) is 6.92 Å². The normalized spacial score (nSPS) is 10.1. The molecular formula is C16H19N5O3. The molecule has 126 valence electrons. The van der Waals surface area contributed by atoms with Crippen molar-refractivity contribution in [3.8, 4) is 0 Å². The molecule has 0 bridgehead atoms. The van der Waals surface area contributed by atoms with Crippen LogP contribution in [0, 0.1) is 0 Å². The highest BCUT2D eigenvalue weighted by Crippen LogP contribution is 2.18. The zero-order chi connectivity index (χ0) is 17.4. The molecule has 8 heteroatoms. The Morgan fingerprint density at radius 3 is 2.75 bits per heavy atom. The molecule has 1 heterocycles. The number of hydrogen-bond donors (Lipinski definition) is 3. The molecule has 2 aromatic rings. The minimum Gasteiger partial charge on any atom is -0.383 e. The third-order valence-corrected chi connectivity index (χ3v) is 2.92. The quantitative estimate of drug-likeness (QED) is 0.666. The summed E-state index contributed by atoms with van der Waals surface area (Å²) in [7, 11) is 1.56. The van der Waals surface area contributed by atoms with E-state index in [-0.39, 0.29) is 23.5 Å². The highest BCUT2D eigenvalue weighted by molar-refractivity contribution is 5.92. The topological polar surface area (TPSA) is 105 Å². The van der Waals surface area contributed by atoms with Crippen LogP contribution in [0.1, 0.15) is 17.4 Å². The van der Waals surface area contributed by atoms with Gasteiger partial charge in [0.25, 0.3) is 5.91 Å². The van der Waals surface area contributed by atoms with Crippen molar-refractivity contribution in [3.05, 3.63) is 42.2 Å². The first-order chi connectivity index (χ1) is 11.6. The van der Waals surface area contributed by atoms with Crippen LogP contribution >= 0.6 is 0 Å². The third-order valence-electron chi connectivity index (χ3n) is 2.92. The van der Waals surface area contributed by atoms with Crippen molar-refractivity contribution in [3.63, 3.8) is 0 Å². The van der Waals surface area contributed by atoms with E-state index in [9.17, 15) is 9.59 Å². The van der Waals surface area contributed by atoms with E-state index in [1.165, 1.54) is 19.2 Å². The molecule has 0 saturated heterocycles. The summed E-state index contributed by atoms with van der Waals surface area (Å²) in [4.78, 5) is 31.3. The van der Waals surface area contributed by atoms with Gasteiger partial charge in [0.2, 0.25) is 11.9 Å². The highest BCUT2D eigenvalue weighted by atomic mass is 16.5. The Hall–Kier alpha value is -3.00. The summed E-state index contributed by atoms with van der Waals surface area (Å²) in [6, 6.07) is 8.64. The molecule has 8 nitrogen and oxygen atoms in total. The molecule has 0 fully saturated rings. The molecule has 0 radical (unpaired) electrons. The number of methoxy groups -OCH3 is 1. The van der Waals surface area contributed by atoms with Crippen molar-refractivity contribution in [1.29, 1.82) is 0 Å². The summed E-state index contributed by atoms with van der Waals surface area (Å²) in [5.41, 5.74) is 1.60. The number of amides is 2. The molecule has 2 rings (SSSR count). The van der Waals surface area contributed by atoms with E-state index in [0.29, 0.717) is 24.5 Å². The molecule has 0 aliphatic heterocycles. The van der Waals surface area contributed by atoms with E-state index in [1.54, 1.807) is 31.4 Å². The average molecular weight is 329 g/mol. The maximum Gasteiger partial charge on any atom is 0.270 e. The molecule has 0 saturated carbocycles. The van der Waals surface area contributed by atoms with Crippen LogP contribution < -0.4 is 16.0 Å². The molecule has 2 amide bonds. The van der Waals surface area contributed by atoms with Gasteiger partial charge in [0.05, 0.1) is 6.61 Å². The Bertz CT molecular complexity index is 720. The second kappa shape index (κ2) is 8.59. The van der Waals surface area contributed by atoms with Gasteiger partial charge in [0, 0.05) is 38.1 Å². The van der Waals surface area contributed by atoms with Gasteiger partial charge in [-0.2, -0.15) is 0 Å². The Morgan fingerprint density at radius 1 is 1.21 bits per heavy atom. The fourth-order valence-corrected chi connectivity index (χ4v) is 1.91. The van der Waals surface area contributed by atoms with Crippen molar-refractivity contribution in [2.75, 3.05) is 30.9 Å². The minimum absolute atomic E-state index is 0.155. The van der Waals surface area contributed by atoms with Gasteiger partial charge in [-0.1, -0.05) is 6.07 Å². The van der Waals surface area contributed by atoms with Gasteiger partial charge in [0.1, 0.15) is 5.69 Å². The van der Waals surface area contributed by atoms with Crippen LogP contribution in [0.15, 0.2) is 36.5 Å². The summed E-state index contributed by atoms with van der Waals surface area (Å²) in [6.07, 6.45) is 1.50. The van der Waals surface area contributed by atoms with E-state index >= 15 is 0 Å². The zero-order valence-electron chi connectivity index (χ0n) is 13.5. The molecular weight excluding hydrogens is 310 g/mol. The number of aromatic nitrogens is 2. The number of anilines is 3. The van der Waals surface area contributed by atoms with Crippen molar-refractivity contribution < 1.29 is 14.3 Å². The monoisotopic (exact) mass is 329 g/mol. The largest absolute Gasteiger partial charge is 0.383 e. The molecule has 0 aliphatic rings. The minimum atomic E-state index is -0.301. The molecule has 0 spiro atoms. The second-order valence-electron chi connectivity index (χ2n) is 4.90. The predicted octanol–water partition coefficient (Wildman–Crippen LogP) is 1.55. The number of nitrogens with one attached hydrogen (secondary N) is 3. The maximum atomic E-state index is 12.0. The summed E-state index contributed by atoms with van der Waals surface area (Å²) < 4.78 is 4.88. The predicted molar refractivity (Wildman–Crippen MR) is 90.3 cm³/mol. The van der Waals surface area contributed by atoms with Gasteiger partial charge in [0.15, 0.2) is 0 Å². The number of carbonyl (C=O) groups excluding carboxylic acids is 2. The number of hydrogen-bond acceptors (Lipinski definition) is 6. The first-order valence-electron chi connectivity index (χ1n) is 7.33. The van der Waals surface area contributed by atoms with Crippen LogP contribution in [0.5, 0.6) is 0 Å². The van der Waals surface area contributed by atoms with Crippen LogP contribution in [0.2, 0.25) is 0 Å². The van der Waals surface area contributed by atoms with Gasteiger partial charge >= 0.3 is 0 Å². The summed E-state index contributed by atoms with van der Waals surface area (Å²) in [5.74, 6) is -0.169. The van der Waals surface area contributed by atoms with Gasteiger partial charge in [-0.3, -0.25) is 9.59 Å². The summed E-state index contributed by atoms with van der Waals surface area (Å²) >= 11 is 0. The van der Waals surface area contributed by atoms with Crippen LogP contribution in [0.3, 0.4) is 0 Å². The van der Waals surface area contributed by atoms with Crippen LogP contribution in [-0.4, -0.2) is 42.0 Å². The molecule has 1 aromatic heterocycles. The van der Waals surface area contributed by atoms with Crippen LogP contribution in [-0.2, 0) is 9.53 Å².